The van der Waals surface area contributed by atoms with Crippen molar-refractivity contribution >= 4 is 17.5 Å². The topological polar surface area (TPSA) is 78.4 Å². The maximum atomic E-state index is 12.3. The second-order valence-electron chi connectivity index (χ2n) is 6.76. The highest BCUT2D eigenvalue weighted by molar-refractivity contribution is 6.39. The molecule has 1 saturated carbocycles. The molecule has 0 aliphatic heterocycles. The zero-order valence-electron chi connectivity index (χ0n) is 14.6. The van der Waals surface area contributed by atoms with E-state index < -0.39 is 11.8 Å². The number of hydrogen-bond donors (Lipinski definition) is 3. The van der Waals surface area contributed by atoms with Crippen molar-refractivity contribution in [1.82, 2.24) is 5.32 Å². The highest BCUT2D eigenvalue weighted by atomic mass is 16.3. The lowest BCUT2D eigenvalue weighted by molar-refractivity contribution is -0.137. The molecule has 1 atom stereocenters. The average Bonchev–Trinajstić information content (AvgIpc) is 2.58. The number of benzene rings is 1. The zero-order valence-corrected chi connectivity index (χ0v) is 14.6. The van der Waals surface area contributed by atoms with E-state index in [1.54, 1.807) is 0 Å². The lowest BCUT2D eigenvalue weighted by atomic mass is 9.82. The minimum absolute atomic E-state index is 0.0139. The maximum absolute atomic E-state index is 12.3. The molecule has 2 rings (SSSR count). The van der Waals surface area contributed by atoms with Gasteiger partial charge < -0.3 is 15.7 Å². The van der Waals surface area contributed by atoms with E-state index in [4.69, 9.17) is 0 Å². The molecule has 0 aromatic heterocycles. The van der Waals surface area contributed by atoms with Crippen molar-refractivity contribution in [2.24, 2.45) is 5.92 Å². The Labute approximate surface area is 143 Å². The van der Waals surface area contributed by atoms with Gasteiger partial charge in [-0.2, -0.15) is 0 Å². The first-order valence-corrected chi connectivity index (χ1v) is 8.81. The molecule has 1 fully saturated rings. The lowest BCUT2D eigenvalue weighted by Crippen LogP contribution is -2.46. The van der Waals surface area contributed by atoms with Crippen LogP contribution in [0, 0.1) is 19.8 Å². The van der Waals surface area contributed by atoms with Crippen LogP contribution in [-0.4, -0.2) is 29.6 Å². The first-order valence-electron chi connectivity index (χ1n) is 8.81. The molecular weight excluding hydrogens is 304 g/mol. The van der Waals surface area contributed by atoms with E-state index in [2.05, 4.69) is 10.6 Å². The number of carbonyl (C=O) groups is 2. The van der Waals surface area contributed by atoms with Gasteiger partial charge in [0, 0.05) is 18.3 Å². The first-order chi connectivity index (χ1) is 11.5. The van der Waals surface area contributed by atoms with Crippen molar-refractivity contribution < 1.29 is 14.7 Å². The predicted octanol–water partition coefficient (Wildman–Crippen LogP) is 2.69. The van der Waals surface area contributed by atoms with E-state index in [0.29, 0.717) is 18.0 Å². The highest BCUT2D eigenvalue weighted by Crippen LogP contribution is 2.27. The number of anilines is 1. The van der Waals surface area contributed by atoms with Gasteiger partial charge in [-0.05, 0) is 56.2 Å². The Morgan fingerprint density at radius 1 is 1.17 bits per heavy atom. The van der Waals surface area contributed by atoms with Crippen LogP contribution in [0.25, 0.3) is 0 Å². The van der Waals surface area contributed by atoms with Crippen LogP contribution in [0.4, 0.5) is 5.69 Å². The lowest BCUT2D eigenvalue weighted by Gasteiger charge is -2.30. The molecule has 1 aromatic rings. The van der Waals surface area contributed by atoms with E-state index >= 15 is 0 Å². The number of rotatable bonds is 5. The number of carbonyl (C=O) groups excluding carboxylic acids is 2. The Hall–Kier alpha value is -1.88. The number of aliphatic hydroxyl groups is 1. The summed E-state index contributed by atoms with van der Waals surface area (Å²) in [6, 6.07) is 5.60. The first kappa shape index (κ1) is 18.5. The maximum Gasteiger partial charge on any atom is 0.313 e. The van der Waals surface area contributed by atoms with Gasteiger partial charge in [-0.3, -0.25) is 9.59 Å². The highest BCUT2D eigenvalue weighted by Gasteiger charge is 2.27. The van der Waals surface area contributed by atoms with Crippen LogP contribution in [0.1, 0.15) is 49.7 Å². The van der Waals surface area contributed by atoms with Gasteiger partial charge >= 0.3 is 11.8 Å². The summed E-state index contributed by atoms with van der Waals surface area (Å²) < 4.78 is 0. The standard InChI is InChI=1S/C19H28N2O3/c1-13-8-9-14(2)17(12-13)21-19(24)18(23)20-16(10-11-22)15-6-4-3-5-7-15/h8-9,12,15-16,22H,3-7,10-11H2,1-2H3,(H,20,23)(H,21,24). The summed E-state index contributed by atoms with van der Waals surface area (Å²) >= 11 is 0. The zero-order chi connectivity index (χ0) is 17.5. The molecule has 0 spiro atoms. The molecular formula is C19H28N2O3. The Balaban J connectivity index is 1.97. The number of hydrogen-bond acceptors (Lipinski definition) is 3. The van der Waals surface area contributed by atoms with Crippen molar-refractivity contribution in [3.63, 3.8) is 0 Å². The van der Waals surface area contributed by atoms with Gasteiger partial charge in [0.1, 0.15) is 0 Å². The Morgan fingerprint density at radius 3 is 2.54 bits per heavy atom. The van der Waals surface area contributed by atoms with E-state index in [0.717, 1.165) is 36.8 Å². The minimum atomic E-state index is -0.651. The second-order valence-corrected chi connectivity index (χ2v) is 6.76. The second kappa shape index (κ2) is 8.83. The fraction of sp³-hybridized carbons (Fsp3) is 0.579. The molecule has 1 aliphatic rings. The van der Waals surface area contributed by atoms with Crippen LogP contribution < -0.4 is 10.6 Å². The van der Waals surface area contributed by atoms with Gasteiger partial charge in [0.2, 0.25) is 0 Å². The van der Waals surface area contributed by atoms with Gasteiger partial charge in [0.25, 0.3) is 0 Å². The largest absolute Gasteiger partial charge is 0.396 e. The van der Waals surface area contributed by atoms with Gasteiger partial charge in [-0.15, -0.1) is 0 Å². The van der Waals surface area contributed by atoms with Crippen LogP contribution >= 0.6 is 0 Å². The Bertz CT molecular complexity index is 580. The number of aryl methyl sites for hydroxylation is 2. The Morgan fingerprint density at radius 2 is 1.88 bits per heavy atom. The van der Waals surface area contributed by atoms with E-state index in [1.807, 2.05) is 32.0 Å². The number of aliphatic hydroxyl groups excluding tert-OH is 1. The fourth-order valence-electron chi connectivity index (χ4n) is 3.38. The quantitative estimate of drug-likeness (QED) is 0.725. The molecule has 2 amide bonds. The van der Waals surface area contributed by atoms with Gasteiger partial charge in [-0.25, -0.2) is 0 Å². The summed E-state index contributed by atoms with van der Waals surface area (Å²) in [4.78, 5) is 24.5. The molecule has 1 aliphatic carbocycles. The van der Waals surface area contributed by atoms with Crippen LogP contribution in [0.3, 0.4) is 0 Å². The van der Waals surface area contributed by atoms with Crippen molar-refractivity contribution in [3.05, 3.63) is 29.3 Å². The molecule has 0 bridgehead atoms. The summed E-state index contributed by atoms with van der Waals surface area (Å²) in [6.45, 7) is 3.85. The van der Waals surface area contributed by atoms with E-state index in [9.17, 15) is 14.7 Å². The Kier molecular flexibility index (Phi) is 6.79. The summed E-state index contributed by atoms with van der Waals surface area (Å²) in [5, 5.41) is 14.8. The molecule has 5 nitrogen and oxygen atoms in total. The molecule has 132 valence electrons. The third-order valence-electron chi connectivity index (χ3n) is 4.82. The normalized spacial score (nSPS) is 16.5. The average molecular weight is 332 g/mol. The van der Waals surface area contributed by atoms with Crippen LogP contribution in [-0.2, 0) is 9.59 Å². The van der Waals surface area contributed by atoms with Gasteiger partial charge in [0.15, 0.2) is 0 Å². The van der Waals surface area contributed by atoms with Crippen molar-refractivity contribution in [3.8, 4) is 0 Å². The van der Waals surface area contributed by atoms with Crippen LogP contribution in [0.2, 0.25) is 0 Å². The summed E-state index contributed by atoms with van der Waals surface area (Å²) in [5.74, 6) is -0.925. The third-order valence-corrected chi connectivity index (χ3v) is 4.82. The molecule has 0 heterocycles. The SMILES string of the molecule is Cc1ccc(C)c(NC(=O)C(=O)NC(CCO)C2CCCCC2)c1. The van der Waals surface area contributed by atoms with Crippen molar-refractivity contribution in [2.75, 3.05) is 11.9 Å². The molecule has 1 unspecified atom stereocenters. The minimum Gasteiger partial charge on any atom is -0.396 e. The molecule has 0 radical (unpaired) electrons. The van der Waals surface area contributed by atoms with Gasteiger partial charge in [-0.1, -0.05) is 31.4 Å². The number of amides is 2. The number of nitrogens with one attached hydrogen (secondary N) is 2. The molecule has 1 aromatic carbocycles. The summed E-state index contributed by atoms with van der Waals surface area (Å²) in [5.41, 5.74) is 2.60. The van der Waals surface area contributed by atoms with Crippen molar-refractivity contribution in [2.45, 2.75) is 58.4 Å². The molecule has 5 heteroatoms. The predicted molar refractivity (Wildman–Crippen MR) is 94.8 cm³/mol. The fourth-order valence-corrected chi connectivity index (χ4v) is 3.38. The summed E-state index contributed by atoms with van der Waals surface area (Å²) in [6.07, 6.45) is 6.11. The molecule has 0 saturated heterocycles. The summed E-state index contributed by atoms with van der Waals surface area (Å²) in [7, 11) is 0. The molecule has 3 N–H and O–H groups in total. The van der Waals surface area contributed by atoms with Crippen LogP contribution in [0.5, 0.6) is 0 Å². The third kappa shape index (κ3) is 5.06. The smallest absolute Gasteiger partial charge is 0.313 e. The van der Waals surface area contributed by atoms with Crippen molar-refractivity contribution in [1.29, 1.82) is 0 Å². The van der Waals surface area contributed by atoms with E-state index in [1.165, 1.54) is 6.42 Å². The van der Waals surface area contributed by atoms with Crippen LogP contribution in [0.15, 0.2) is 18.2 Å². The van der Waals surface area contributed by atoms with Gasteiger partial charge in [0.05, 0.1) is 0 Å². The monoisotopic (exact) mass is 332 g/mol. The van der Waals surface area contributed by atoms with E-state index in [-0.39, 0.29) is 12.6 Å². The molecule has 24 heavy (non-hydrogen) atoms.